The molecule has 0 radical (unpaired) electrons. The minimum atomic E-state index is -2.31. The van der Waals surface area contributed by atoms with Gasteiger partial charge in [0.25, 0.3) is 17.5 Å². The molecular formula is C27H23N3O10. The van der Waals surface area contributed by atoms with Crippen LogP contribution in [0.3, 0.4) is 0 Å². The van der Waals surface area contributed by atoms with E-state index in [0.717, 1.165) is 35.4 Å². The van der Waals surface area contributed by atoms with Gasteiger partial charge in [0.2, 0.25) is 12.2 Å². The predicted molar refractivity (Wildman–Crippen MR) is 137 cm³/mol. The lowest BCUT2D eigenvalue weighted by atomic mass is 10.1. The molecule has 13 nitrogen and oxygen atoms in total. The number of nitro benzene ring substituents is 1. The number of nitro groups is 1. The molecule has 0 aliphatic rings. The lowest BCUT2D eigenvalue weighted by Gasteiger charge is -2.23. The smallest absolute Gasteiger partial charge is 0.349 e. The van der Waals surface area contributed by atoms with Gasteiger partial charge < -0.3 is 14.6 Å². The van der Waals surface area contributed by atoms with Crippen LogP contribution in [-0.4, -0.2) is 52.0 Å². The highest BCUT2D eigenvalue weighted by atomic mass is 16.6. The van der Waals surface area contributed by atoms with E-state index in [9.17, 15) is 39.2 Å². The summed E-state index contributed by atoms with van der Waals surface area (Å²) in [4.78, 5) is 73.0. The van der Waals surface area contributed by atoms with Crippen molar-refractivity contribution in [2.75, 3.05) is 0 Å². The lowest BCUT2D eigenvalue weighted by molar-refractivity contribution is -0.384. The average Bonchev–Trinajstić information content (AvgIpc) is 2.93. The Labute approximate surface area is 226 Å². The van der Waals surface area contributed by atoms with Gasteiger partial charge in [0, 0.05) is 17.7 Å². The molecule has 40 heavy (non-hydrogen) atoms. The molecule has 3 aromatic carbocycles. The molecular weight excluding hydrogens is 526 g/mol. The number of nitrogens with zero attached hydrogens (tertiary/aromatic N) is 1. The maximum atomic E-state index is 13.0. The van der Waals surface area contributed by atoms with E-state index in [1.807, 2.05) is 10.9 Å². The van der Waals surface area contributed by atoms with E-state index in [1.54, 1.807) is 38.1 Å². The quantitative estimate of drug-likeness (QED) is 0.203. The number of amides is 2. The van der Waals surface area contributed by atoms with Crippen LogP contribution in [0.2, 0.25) is 0 Å². The number of non-ortho nitro benzene ring substituents is 1. The summed E-state index contributed by atoms with van der Waals surface area (Å²) in [5.74, 6) is -6.26. The van der Waals surface area contributed by atoms with Crippen LogP contribution in [0.15, 0.2) is 72.8 Å². The zero-order valence-electron chi connectivity index (χ0n) is 21.2. The second-order valence-corrected chi connectivity index (χ2v) is 8.47. The lowest BCUT2D eigenvalue weighted by Crippen LogP contribution is -2.54. The summed E-state index contributed by atoms with van der Waals surface area (Å²) in [6.45, 7) is 3.54. The molecule has 0 aliphatic heterocycles. The molecule has 0 unspecified atom stereocenters. The van der Waals surface area contributed by atoms with Crippen LogP contribution in [0.25, 0.3) is 0 Å². The van der Waals surface area contributed by atoms with Crippen LogP contribution >= 0.6 is 0 Å². The van der Waals surface area contributed by atoms with E-state index >= 15 is 0 Å². The number of hydrogen-bond donors (Lipinski definition) is 3. The number of esters is 2. The second kappa shape index (κ2) is 12.8. The van der Waals surface area contributed by atoms with Crippen LogP contribution in [0.5, 0.6) is 0 Å². The first kappa shape index (κ1) is 29.0. The third-order valence-corrected chi connectivity index (χ3v) is 5.46. The third kappa shape index (κ3) is 7.47. The van der Waals surface area contributed by atoms with Gasteiger partial charge in [0.1, 0.15) is 0 Å². The Morgan fingerprint density at radius 2 is 1.12 bits per heavy atom. The van der Waals surface area contributed by atoms with Gasteiger partial charge in [0.15, 0.2) is 0 Å². The highest BCUT2D eigenvalue weighted by molar-refractivity contribution is 5.99. The van der Waals surface area contributed by atoms with Crippen molar-refractivity contribution >= 4 is 35.4 Å². The fourth-order valence-electron chi connectivity index (χ4n) is 3.24. The molecule has 3 N–H and O–H groups in total. The molecule has 13 heteroatoms. The highest BCUT2D eigenvalue weighted by Gasteiger charge is 2.41. The van der Waals surface area contributed by atoms with Crippen LogP contribution in [0.4, 0.5) is 5.69 Å². The zero-order valence-corrected chi connectivity index (χ0v) is 21.2. The summed E-state index contributed by atoms with van der Waals surface area (Å²) < 4.78 is 10.2. The largest absolute Gasteiger partial charge is 0.478 e. The van der Waals surface area contributed by atoms with Crippen LogP contribution in [0.1, 0.15) is 42.2 Å². The minimum Gasteiger partial charge on any atom is -0.478 e. The van der Waals surface area contributed by atoms with Crippen LogP contribution in [-0.2, 0) is 19.1 Å². The average molecular weight is 549 g/mol. The van der Waals surface area contributed by atoms with Crippen molar-refractivity contribution in [3.05, 3.63) is 111 Å². The Bertz CT molecular complexity index is 1430. The second-order valence-electron chi connectivity index (χ2n) is 8.47. The van der Waals surface area contributed by atoms with Gasteiger partial charge in [-0.25, -0.2) is 14.4 Å². The SMILES string of the molecule is Cc1ccc(C(=O)O[C@H](C(=O)O)[C@@H](OC(=O)c2ccc(C)cc2)C(=O)NNC(=O)c2ccc([N+](=O)[O-])cc2)cc1. The van der Waals surface area contributed by atoms with E-state index < -0.39 is 46.9 Å². The van der Waals surface area contributed by atoms with Gasteiger partial charge in [-0.1, -0.05) is 35.4 Å². The number of aliphatic carboxylic acids is 1. The fourth-order valence-corrected chi connectivity index (χ4v) is 3.24. The van der Waals surface area contributed by atoms with E-state index in [4.69, 9.17) is 9.47 Å². The van der Waals surface area contributed by atoms with Crippen molar-refractivity contribution in [2.45, 2.75) is 26.1 Å². The summed E-state index contributed by atoms with van der Waals surface area (Å²) in [7, 11) is 0. The summed E-state index contributed by atoms with van der Waals surface area (Å²) >= 11 is 0. The summed E-state index contributed by atoms with van der Waals surface area (Å²) in [5, 5.41) is 20.6. The molecule has 0 heterocycles. The normalized spacial score (nSPS) is 11.8. The molecule has 0 saturated carbocycles. The van der Waals surface area contributed by atoms with Gasteiger partial charge in [-0.15, -0.1) is 0 Å². The fraction of sp³-hybridized carbons (Fsp3) is 0.148. The number of benzene rings is 3. The first-order valence-electron chi connectivity index (χ1n) is 11.6. The van der Waals surface area contributed by atoms with Crippen molar-refractivity contribution in [1.82, 2.24) is 10.9 Å². The number of aryl methyl sites for hydroxylation is 2. The summed E-state index contributed by atoms with van der Waals surface area (Å²) in [6.07, 6.45) is -4.54. The Kier molecular flexibility index (Phi) is 9.25. The van der Waals surface area contributed by atoms with Crippen molar-refractivity contribution < 1.29 is 43.5 Å². The first-order chi connectivity index (χ1) is 19.0. The molecule has 0 aromatic heterocycles. The molecule has 0 bridgehead atoms. The molecule has 206 valence electrons. The molecule has 3 rings (SSSR count). The van der Waals surface area contributed by atoms with Crippen molar-refractivity contribution in [1.29, 1.82) is 0 Å². The van der Waals surface area contributed by atoms with Gasteiger partial charge in [-0.05, 0) is 50.2 Å². The zero-order chi connectivity index (χ0) is 29.4. The monoisotopic (exact) mass is 549 g/mol. The Morgan fingerprint density at radius 1 is 0.700 bits per heavy atom. The van der Waals surface area contributed by atoms with Crippen LogP contribution < -0.4 is 10.9 Å². The van der Waals surface area contributed by atoms with Crippen molar-refractivity contribution in [3.63, 3.8) is 0 Å². The van der Waals surface area contributed by atoms with E-state index in [1.165, 1.54) is 24.3 Å². The highest BCUT2D eigenvalue weighted by Crippen LogP contribution is 2.15. The van der Waals surface area contributed by atoms with E-state index in [0.29, 0.717) is 0 Å². The third-order valence-electron chi connectivity index (χ3n) is 5.46. The van der Waals surface area contributed by atoms with Gasteiger partial charge in [0.05, 0.1) is 16.1 Å². The van der Waals surface area contributed by atoms with E-state index in [-0.39, 0.29) is 22.4 Å². The molecule has 0 spiro atoms. The number of hydrazine groups is 1. The Morgan fingerprint density at radius 3 is 1.55 bits per heavy atom. The topological polar surface area (TPSA) is 191 Å². The first-order valence-corrected chi connectivity index (χ1v) is 11.6. The number of carbonyl (C=O) groups excluding carboxylic acids is 4. The van der Waals surface area contributed by atoms with Gasteiger partial charge >= 0.3 is 17.9 Å². The summed E-state index contributed by atoms with van der Waals surface area (Å²) in [5.41, 5.74) is 5.17. The molecule has 0 fully saturated rings. The Hall–Kier alpha value is -5.59. The van der Waals surface area contributed by atoms with Crippen molar-refractivity contribution in [2.24, 2.45) is 0 Å². The predicted octanol–water partition coefficient (Wildman–Crippen LogP) is 2.51. The molecule has 2 atom stereocenters. The maximum absolute atomic E-state index is 13.0. The van der Waals surface area contributed by atoms with Gasteiger partial charge in [-0.2, -0.15) is 0 Å². The minimum absolute atomic E-state index is 0.0210. The molecule has 0 aliphatic carbocycles. The maximum Gasteiger partial charge on any atom is 0.349 e. The van der Waals surface area contributed by atoms with Gasteiger partial charge in [-0.3, -0.25) is 30.6 Å². The number of ether oxygens (including phenoxy) is 2. The molecule has 2 amide bonds. The van der Waals surface area contributed by atoms with E-state index in [2.05, 4.69) is 0 Å². The Balaban J connectivity index is 1.83. The molecule has 0 saturated heterocycles. The standard InChI is InChI=1S/C27H23N3O10/c1-15-3-7-18(8-4-15)26(35)39-21(22(25(33)34)40-27(36)19-9-5-16(2)6-10-19)24(32)29-28-23(31)17-11-13-20(14-12-17)30(37)38/h3-14,21-22H,1-2H3,(H,28,31)(H,29,32)(H,33,34)/t21-,22+/m1/s1. The number of rotatable bonds is 9. The van der Waals surface area contributed by atoms with Crippen LogP contribution in [0, 0.1) is 24.0 Å². The van der Waals surface area contributed by atoms with Crippen molar-refractivity contribution in [3.8, 4) is 0 Å². The number of carboxylic acids is 1. The number of hydrogen-bond acceptors (Lipinski definition) is 9. The number of carboxylic acid groups (broad SMARTS) is 1. The number of carbonyl (C=O) groups is 5. The molecule has 3 aromatic rings. The number of nitrogens with one attached hydrogen (secondary N) is 2. The summed E-state index contributed by atoms with van der Waals surface area (Å²) in [6, 6.07) is 16.3.